The third kappa shape index (κ3) is 5.03. The number of furan rings is 1. The molecule has 9 heteroatoms. The standard InChI is InChI=1S/C28H24ClN3O4S/c1-18-10-12-21(13-11-18)37(34,35)31-26-22-8-3-4-9-25(22)36-27(26)23(19-6-5-7-20(29)16-19)17-24(33)28-30-14-15-32(28)2/h3-16,23,31H,17H2,1-2H3/t23-/m1/s1. The fourth-order valence-corrected chi connectivity index (χ4v) is 5.61. The van der Waals surface area contributed by atoms with E-state index in [0.717, 1.165) is 5.56 Å². The first-order chi connectivity index (χ1) is 17.7. The number of hydrogen-bond donors (Lipinski definition) is 1. The molecule has 0 saturated heterocycles. The van der Waals surface area contributed by atoms with E-state index in [1.54, 1.807) is 90.7 Å². The largest absolute Gasteiger partial charge is 0.458 e. The fraction of sp³-hybridized carbons (Fsp3) is 0.143. The number of imidazole rings is 1. The van der Waals surface area contributed by atoms with E-state index in [1.165, 1.54) is 0 Å². The molecule has 37 heavy (non-hydrogen) atoms. The highest BCUT2D eigenvalue weighted by atomic mass is 35.5. The molecule has 1 N–H and O–H groups in total. The Balaban J connectivity index is 1.66. The van der Waals surface area contributed by atoms with Crippen LogP contribution in [0.25, 0.3) is 11.0 Å². The third-order valence-corrected chi connectivity index (χ3v) is 7.82. The topological polar surface area (TPSA) is 94.2 Å². The molecule has 0 radical (unpaired) electrons. The Hall–Kier alpha value is -3.88. The van der Waals surface area contributed by atoms with E-state index >= 15 is 0 Å². The second-order valence-electron chi connectivity index (χ2n) is 8.85. The number of carbonyl (C=O) groups excluding carboxylic acids is 1. The molecule has 0 aliphatic carbocycles. The van der Waals surface area contributed by atoms with Crippen molar-refractivity contribution in [1.82, 2.24) is 9.55 Å². The second kappa shape index (κ2) is 9.88. The van der Waals surface area contributed by atoms with Crippen molar-refractivity contribution in [2.75, 3.05) is 4.72 Å². The van der Waals surface area contributed by atoms with Gasteiger partial charge in [-0.3, -0.25) is 9.52 Å². The minimum absolute atomic E-state index is 0.00965. The summed E-state index contributed by atoms with van der Waals surface area (Å²) in [7, 11) is -2.21. The summed E-state index contributed by atoms with van der Waals surface area (Å²) in [5.74, 6) is -0.233. The number of ketones is 1. The zero-order valence-corrected chi connectivity index (χ0v) is 21.8. The van der Waals surface area contributed by atoms with Gasteiger partial charge in [0, 0.05) is 36.3 Å². The van der Waals surface area contributed by atoms with Crippen LogP contribution in [0.15, 0.2) is 94.5 Å². The van der Waals surface area contributed by atoms with Crippen LogP contribution in [0.5, 0.6) is 0 Å². The van der Waals surface area contributed by atoms with Crippen LogP contribution in [0.2, 0.25) is 5.02 Å². The van der Waals surface area contributed by atoms with Gasteiger partial charge in [-0.1, -0.05) is 53.6 Å². The number of nitrogens with one attached hydrogen (secondary N) is 1. The molecule has 3 aromatic carbocycles. The van der Waals surface area contributed by atoms with Gasteiger partial charge in [-0.2, -0.15) is 0 Å². The van der Waals surface area contributed by atoms with Crippen LogP contribution in [0, 0.1) is 6.92 Å². The molecular formula is C28H24ClN3O4S. The van der Waals surface area contributed by atoms with Gasteiger partial charge in [-0.05, 0) is 48.9 Å². The smallest absolute Gasteiger partial charge is 0.262 e. The first kappa shape index (κ1) is 24.8. The number of aryl methyl sites for hydroxylation is 2. The van der Waals surface area contributed by atoms with Crippen molar-refractivity contribution in [3.63, 3.8) is 0 Å². The van der Waals surface area contributed by atoms with Gasteiger partial charge >= 0.3 is 0 Å². The highest BCUT2D eigenvalue weighted by Gasteiger charge is 2.30. The molecular weight excluding hydrogens is 510 g/mol. The van der Waals surface area contributed by atoms with Gasteiger partial charge in [0.05, 0.1) is 16.5 Å². The molecule has 2 aromatic heterocycles. The second-order valence-corrected chi connectivity index (χ2v) is 11.0. The molecule has 0 aliphatic rings. The molecule has 0 fully saturated rings. The van der Waals surface area contributed by atoms with E-state index in [1.807, 2.05) is 13.0 Å². The monoisotopic (exact) mass is 533 g/mol. The number of halogens is 1. The number of anilines is 1. The summed E-state index contributed by atoms with van der Waals surface area (Å²) < 4.78 is 37.5. The summed E-state index contributed by atoms with van der Waals surface area (Å²) in [6.45, 7) is 1.89. The lowest BCUT2D eigenvalue weighted by Crippen LogP contribution is -2.17. The van der Waals surface area contributed by atoms with Gasteiger partial charge in [0.15, 0.2) is 11.6 Å². The molecule has 1 atom stereocenters. The summed E-state index contributed by atoms with van der Waals surface area (Å²) in [5.41, 5.74) is 2.44. The Morgan fingerprint density at radius 2 is 1.84 bits per heavy atom. The van der Waals surface area contributed by atoms with Crippen LogP contribution >= 0.6 is 11.6 Å². The van der Waals surface area contributed by atoms with Crippen molar-refractivity contribution in [1.29, 1.82) is 0 Å². The van der Waals surface area contributed by atoms with Gasteiger partial charge in [-0.25, -0.2) is 13.4 Å². The van der Waals surface area contributed by atoms with Crippen molar-refractivity contribution >= 4 is 44.1 Å². The zero-order valence-electron chi connectivity index (χ0n) is 20.2. The number of sulfonamides is 1. The average Bonchev–Trinajstić information content (AvgIpc) is 3.46. The van der Waals surface area contributed by atoms with Crippen molar-refractivity contribution < 1.29 is 17.6 Å². The van der Waals surface area contributed by atoms with E-state index in [4.69, 9.17) is 16.0 Å². The summed E-state index contributed by atoms with van der Waals surface area (Å²) in [6.07, 6.45) is 3.25. The number of rotatable bonds is 8. The normalized spacial score (nSPS) is 12.5. The molecule has 0 aliphatic heterocycles. The predicted molar refractivity (Wildman–Crippen MR) is 144 cm³/mol. The molecule has 5 rings (SSSR count). The van der Waals surface area contributed by atoms with Gasteiger partial charge in [0.1, 0.15) is 11.3 Å². The lowest BCUT2D eigenvalue weighted by molar-refractivity contribution is 0.0962. The van der Waals surface area contributed by atoms with Crippen molar-refractivity contribution in [3.05, 3.63) is 113 Å². The summed E-state index contributed by atoms with van der Waals surface area (Å²) in [5, 5.41) is 1.08. The van der Waals surface area contributed by atoms with Crippen LogP contribution in [0.3, 0.4) is 0 Å². The van der Waals surface area contributed by atoms with Crippen LogP contribution < -0.4 is 4.72 Å². The quantitative estimate of drug-likeness (QED) is 0.235. The van der Waals surface area contributed by atoms with Crippen LogP contribution in [-0.2, 0) is 17.1 Å². The van der Waals surface area contributed by atoms with Crippen molar-refractivity contribution in [2.24, 2.45) is 7.05 Å². The summed E-state index contributed by atoms with van der Waals surface area (Å²) in [4.78, 5) is 17.7. The van der Waals surface area contributed by atoms with Crippen LogP contribution in [0.1, 0.15) is 39.8 Å². The Morgan fingerprint density at radius 1 is 1.08 bits per heavy atom. The van der Waals surface area contributed by atoms with E-state index < -0.39 is 15.9 Å². The van der Waals surface area contributed by atoms with Crippen molar-refractivity contribution in [3.8, 4) is 0 Å². The van der Waals surface area contributed by atoms with E-state index in [9.17, 15) is 13.2 Å². The maximum Gasteiger partial charge on any atom is 0.262 e. The number of Topliss-reactive ketones (excluding diaryl/α,β-unsaturated/α-hetero) is 1. The summed E-state index contributed by atoms with van der Waals surface area (Å²) >= 11 is 6.31. The Labute approximate surface area is 219 Å². The zero-order chi connectivity index (χ0) is 26.2. The molecule has 7 nitrogen and oxygen atoms in total. The molecule has 5 aromatic rings. The lowest BCUT2D eigenvalue weighted by Gasteiger charge is -2.18. The maximum absolute atomic E-state index is 13.4. The van der Waals surface area contributed by atoms with E-state index in [0.29, 0.717) is 33.1 Å². The number of carbonyl (C=O) groups is 1. The first-order valence-corrected chi connectivity index (χ1v) is 13.5. The van der Waals surface area contributed by atoms with Crippen molar-refractivity contribution in [2.45, 2.75) is 24.2 Å². The van der Waals surface area contributed by atoms with Gasteiger partial charge in [0.25, 0.3) is 10.0 Å². The number of aromatic nitrogens is 2. The molecule has 0 unspecified atom stereocenters. The maximum atomic E-state index is 13.4. The Morgan fingerprint density at radius 3 is 2.54 bits per heavy atom. The molecule has 0 bridgehead atoms. The molecule has 2 heterocycles. The highest BCUT2D eigenvalue weighted by molar-refractivity contribution is 7.92. The fourth-order valence-electron chi connectivity index (χ4n) is 4.32. The molecule has 0 saturated carbocycles. The van der Waals surface area contributed by atoms with Gasteiger partial charge < -0.3 is 8.98 Å². The minimum Gasteiger partial charge on any atom is -0.458 e. The number of nitrogens with zero attached hydrogens (tertiary/aromatic N) is 2. The number of benzene rings is 3. The number of hydrogen-bond acceptors (Lipinski definition) is 5. The lowest BCUT2D eigenvalue weighted by atomic mass is 9.90. The Bertz CT molecular complexity index is 1710. The SMILES string of the molecule is Cc1ccc(S(=O)(=O)Nc2c([C@H](CC(=O)c3nccn3C)c3cccc(Cl)c3)oc3ccccc23)cc1. The van der Waals surface area contributed by atoms with E-state index in [2.05, 4.69) is 9.71 Å². The minimum atomic E-state index is -3.95. The van der Waals surface area contributed by atoms with E-state index in [-0.39, 0.29) is 22.8 Å². The average molecular weight is 534 g/mol. The van der Waals surface area contributed by atoms with Crippen LogP contribution in [-0.4, -0.2) is 23.8 Å². The van der Waals surface area contributed by atoms with Gasteiger partial charge in [-0.15, -0.1) is 0 Å². The first-order valence-electron chi connectivity index (χ1n) is 11.6. The van der Waals surface area contributed by atoms with Gasteiger partial charge in [0.2, 0.25) is 0 Å². The molecule has 0 amide bonds. The number of fused-ring (bicyclic) bond motifs is 1. The number of para-hydroxylation sites is 1. The molecule has 0 spiro atoms. The third-order valence-electron chi connectivity index (χ3n) is 6.22. The predicted octanol–water partition coefficient (Wildman–Crippen LogP) is 6.33. The highest BCUT2D eigenvalue weighted by Crippen LogP contribution is 2.42. The van der Waals surface area contributed by atoms with Crippen LogP contribution in [0.4, 0.5) is 5.69 Å². The Kier molecular flexibility index (Phi) is 6.62. The summed E-state index contributed by atoms with van der Waals surface area (Å²) in [6, 6.07) is 20.9. The molecule has 188 valence electrons.